The summed E-state index contributed by atoms with van der Waals surface area (Å²) in [4.78, 5) is 56.2. The first-order valence-electron chi connectivity index (χ1n) is 19.1. The number of azo groups is 1. The van der Waals surface area contributed by atoms with Crippen molar-refractivity contribution in [1.29, 1.82) is 0 Å². The number of hydrogen-bond acceptors (Lipinski definition) is 11. The number of nitrogens with zero attached hydrogens (tertiary/aromatic N) is 2. The minimum atomic E-state index is -1.56. The van der Waals surface area contributed by atoms with Gasteiger partial charge in [-0.3, -0.25) is 4.79 Å². The number of aromatic carboxylic acids is 4. The van der Waals surface area contributed by atoms with Crippen LogP contribution in [0.2, 0.25) is 0 Å². The molecule has 0 atom stereocenters. The van der Waals surface area contributed by atoms with E-state index in [1.807, 2.05) is 65.8 Å². The first-order chi connectivity index (χ1) is 28.6. The normalized spacial score (nSPS) is 10.4. The van der Waals surface area contributed by atoms with E-state index in [0.717, 1.165) is 69.3 Å². The molecule has 6 aromatic carbocycles. The number of carboxylic acid groups (broad SMARTS) is 4. The summed E-state index contributed by atoms with van der Waals surface area (Å²) in [5.74, 6) is -5.91. The quantitative estimate of drug-likeness (QED) is 0.104. The standard InChI is InChI=1S/C17H14O5.C17H18O2.C16H16N2O2.CH4/c1-9-3-10(2)5-11(4-9)15(18)12-6-13(16(19)20)8-14(7-12)17(21)22;1-11-4-12(2)6-14(5-11)9-15-7-13(3)8-16(10-15)17(18)19;1-10-4-11(2)7-14(6-10)17-18-15-8-12(3)5-13(9-15)16(19)20;/h3-8H,1-2H3,(H,19,20)(H,21,22);4-8,10H,9H2,1-3H3,(H,18,19);4-9H,1-3H3,(H,19,20);1H4/p-4. The first kappa shape index (κ1) is 48.8. The summed E-state index contributed by atoms with van der Waals surface area (Å²) in [6.07, 6.45) is 0.741. The highest BCUT2D eigenvalue weighted by Crippen LogP contribution is 2.23. The Balaban J connectivity index is 0.000000246. The Hall–Kier alpha value is -7.53. The molecule has 0 aliphatic rings. The fraction of sp³-hybridized carbons (Fsp3) is 0.196. The third kappa shape index (κ3) is 14.6. The maximum Gasteiger partial charge on any atom is 0.193 e. The SMILES string of the molecule is C.Cc1cc(C)cc(C(=O)c2cc(C(=O)[O-])cc(C(=O)[O-])c2)c1.Cc1cc(C)cc(Cc2cc(C)cc(C(=O)[O-])c2)c1.Cc1cc(C)cc(N=Nc2cc(C)cc(C(=O)[O-])c2)c1. The van der Waals surface area contributed by atoms with E-state index in [0.29, 0.717) is 11.3 Å². The molecule has 0 fully saturated rings. The predicted octanol–water partition coefficient (Wildman–Crippen LogP) is 6.85. The molecule has 0 aromatic heterocycles. The van der Waals surface area contributed by atoms with E-state index in [9.17, 15) is 44.4 Å². The fourth-order valence-corrected chi connectivity index (χ4v) is 6.82. The Kier molecular flexibility index (Phi) is 17.0. The Labute approximate surface area is 362 Å². The molecule has 0 saturated carbocycles. The van der Waals surface area contributed by atoms with Gasteiger partial charge in [-0.25, -0.2) is 0 Å². The fourth-order valence-electron chi connectivity index (χ4n) is 6.82. The van der Waals surface area contributed by atoms with Crippen LogP contribution in [0, 0.1) is 55.4 Å². The smallest absolute Gasteiger partial charge is 0.193 e. The van der Waals surface area contributed by atoms with Crippen molar-refractivity contribution in [2.75, 3.05) is 0 Å². The summed E-state index contributed by atoms with van der Waals surface area (Å²) in [6.45, 7) is 15.5. The highest BCUT2D eigenvalue weighted by molar-refractivity contribution is 6.11. The van der Waals surface area contributed by atoms with Gasteiger partial charge in [0.1, 0.15) is 0 Å². The predicted molar refractivity (Wildman–Crippen MR) is 231 cm³/mol. The van der Waals surface area contributed by atoms with Crippen molar-refractivity contribution in [3.63, 3.8) is 0 Å². The maximum atomic E-state index is 12.5. The van der Waals surface area contributed by atoms with Crippen molar-refractivity contribution in [2.24, 2.45) is 10.2 Å². The van der Waals surface area contributed by atoms with Crippen LogP contribution in [0.1, 0.15) is 120 Å². The molecule has 0 N–H and O–H groups in total. The van der Waals surface area contributed by atoms with Gasteiger partial charge < -0.3 is 39.6 Å². The lowest BCUT2D eigenvalue weighted by Gasteiger charge is -2.11. The number of hydrogen-bond donors (Lipinski definition) is 0. The lowest BCUT2D eigenvalue weighted by Crippen LogP contribution is -2.26. The molecule has 0 heterocycles. The molecule has 320 valence electrons. The van der Waals surface area contributed by atoms with Crippen molar-refractivity contribution >= 4 is 41.0 Å². The molecule has 6 aromatic rings. The number of aryl methyl sites for hydroxylation is 8. The zero-order chi connectivity index (χ0) is 45.1. The highest BCUT2D eigenvalue weighted by Gasteiger charge is 2.13. The van der Waals surface area contributed by atoms with Crippen molar-refractivity contribution in [3.8, 4) is 0 Å². The van der Waals surface area contributed by atoms with Gasteiger partial charge in [0.2, 0.25) is 0 Å². The summed E-state index contributed by atoms with van der Waals surface area (Å²) >= 11 is 0. The maximum absolute atomic E-state index is 12.5. The Morgan fingerprint density at radius 1 is 0.339 bits per heavy atom. The van der Waals surface area contributed by atoms with E-state index in [-0.39, 0.29) is 35.2 Å². The van der Waals surface area contributed by atoms with E-state index in [1.54, 1.807) is 36.4 Å². The van der Waals surface area contributed by atoms with Gasteiger partial charge in [-0.05, 0) is 173 Å². The summed E-state index contributed by atoms with van der Waals surface area (Å²) in [6, 6.07) is 30.7. The molecule has 0 bridgehead atoms. The molecule has 6 rings (SSSR count). The molecule has 0 spiro atoms. The van der Waals surface area contributed by atoms with Crippen LogP contribution in [-0.2, 0) is 6.42 Å². The number of rotatable bonds is 10. The van der Waals surface area contributed by atoms with Gasteiger partial charge in [0.15, 0.2) is 5.78 Å². The van der Waals surface area contributed by atoms with Gasteiger partial charge in [-0.15, -0.1) is 0 Å². The van der Waals surface area contributed by atoms with Crippen molar-refractivity contribution < 1.29 is 44.4 Å². The molecular weight excluding hydrogens is 785 g/mol. The van der Waals surface area contributed by atoms with Crippen LogP contribution in [0.25, 0.3) is 0 Å². The van der Waals surface area contributed by atoms with Gasteiger partial charge in [0, 0.05) is 11.1 Å². The van der Waals surface area contributed by atoms with Crippen molar-refractivity contribution in [1.82, 2.24) is 0 Å². The zero-order valence-electron chi connectivity index (χ0n) is 35.2. The monoisotopic (exact) mass is 832 g/mol. The van der Waals surface area contributed by atoms with Crippen LogP contribution in [0.15, 0.2) is 119 Å². The van der Waals surface area contributed by atoms with Crippen LogP contribution in [0.3, 0.4) is 0 Å². The number of benzene rings is 6. The van der Waals surface area contributed by atoms with Crippen molar-refractivity contribution in [3.05, 3.63) is 198 Å². The second kappa shape index (κ2) is 21.6. The average molecular weight is 833 g/mol. The summed E-state index contributed by atoms with van der Waals surface area (Å²) in [5.41, 5.74) is 11.5. The highest BCUT2D eigenvalue weighted by atomic mass is 16.4. The first-order valence-corrected chi connectivity index (χ1v) is 19.1. The Morgan fingerprint density at radius 2 is 0.597 bits per heavy atom. The molecule has 0 amide bonds. The van der Waals surface area contributed by atoms with E-state index in [4.69, 9.17) is 0 Å². The molecular formula is C51H48N2O9-4. The van der Waals surface area contributed by atoms with Crippen LogP contribution in [0.5, 0.6) is 0 Å². The molecule has 0 saturated heterocycles. The van der Waals surface area contributed by atoms with Gasteiger partial charge in [-0.1, -0.05) is 83.8 Å². The molecule has 11 nitrogen and oxygen atoms in total. The number of carboxylic acids is 4. The summed E-state index contributed by atoms with van der Waals surface area (Å²) < 4.78 is 0. The largest absolute Gasteiger partial charge is 0.545 e. The van der Waals surface area contributed by atoms with Gasteiger partial charge >= 0.3 is 0 Å². The lowest BCUT2D eigenvalue weighted by molar-refractivity contribution is -0.256. The second-order valence-corrected chi connectivity index (χ2v) is 15.1. The van der Waals surface area contributed by atoms with Crippen LogP contribution in [0.4, 0.5) is 11.4 Å². The number of carbonyl (C=O) groups is 5. The molecule has 0 radical (unpaired) electrons. The molecule has 0 aliphatic carbocycles. The molecule has 0 unspecified atom stereocenters. The molecule has 62 heavy (non-hydrogen) atoms. The Morgan fingerprint density at radius 3 is 1.02 bits per heavy atom. The summed E-state index contributed by atoms with van der Waals surface area (Å²) in [7, 11) is 0. The van der Waals surface area contributed by atoms with Crippen LogP contribution < -0.4 is 20.4 Å². The minimum Gasteiger partial charge on any atom is -0.545 e. The van der Waals surface area contributed by atoms with Gasteiger partial charge in [0.25, 0.3) is 0 Å². The lowest BCUT2D eigenvalue weighted by atomic mass is 9.96. The van der Waals surface area contributed by atoms with E-state index < -0.39 is 29.7 Å². The zero-order valence-corrected chi connectivity index (χ0v) is 35.2. The molecule has 11 heteroatoms. The summed E-state index contributed by atoms with van der Waals surface area (Å²) in [5, 5.41) is 52.0. The number of carbonyl (C=O) groups excluding carboxylic acids is 5. The average Bonchev–Trinajstić information content (AvgIpc) is 3.15. The van der Waals surface area contributed by atoms with Gasteiger partial charge in [0.05, 0.1) is 35.3 Å². The van der Waals surface area contributed by atoms with E-state index >= 15 is 0 Å². The van der Waals surface area contributed by atoms with E-state index in [2.05, 4.69) is 48.3 Å². The van der Waals surface area contributed by atoms with Crippen molar-refractivity contribution in [2.45, 2.75) is 69.2 Å². The van der Waals surface area contributed by atoms with Crippen LogP contribution >= 0.6 is 0 Å². The second-order valence-electron chi connectivity index (χ2n) is 15.1. The third-order valence-electron chi connectivity index (χ3n) is 9.00. The molecule has 0 aliphatic heterocycles. The topological polar surface area (TPSA) is 202 Å². The minimum absolute atomic E-state index is 0. The third-order valence-corrected chi connectivity index (χ3v) is 9.00. The van der Waals surface area contributed by atoms with Crippen LogP contribution in [-0.4, -0.2) is 29.7 Å². The Bertz CT molecular complexity index is 2600. The van der Waals surface area contributed by atoms with Gasteiger partial charge in [-0.2, -0.15) is 10.2 Å². The van der Waals surface area contributed by atoms with E-state index in [1.165, 1.54) is 22.8 Å². The number of ketones is 1.